The molecule has 0 spiro atoms. The molecule has 0 saturated carbocycles. The highest BCUT2D eigenvalue weighted by Gasteiger charge is 2.14. The van der Waals surface area contributed by atoms with Crippen LogP contribution in [0.2, 0.25) is 0 Å². The first-order valence-corrected chi connectivity index (χ1v) is 7.98. The molecule has 0 nitrogen and oxygen atoms in total. The molecule has 0 N–H and O–H groups in total. The van der Waals surface area contributed by atoms with Crippen LogP contribution in [0.5, 0.6) is 0 Å². The van der Waals surface area contributed by atoms with Crippen molar-refractivity contribution in [2.24, 2.45) is 0 Å². The summed E-state index contributed by atoms with van der Waals surface area (Å²) in [5.41, 5.74) is 2.09. The third-order valence-corrected chi connectivity index (χ3v) is 4.76. The van der Waals surface area contributed by atoms with Crippen LogP contribution in [0.1, 0.15) is 17.0 Å². The van der Waals surface area contributed by atoms with Gasteiger partial charge in [0.05, 0.1) is 4.47 Å². The van der Waals surface area contributed by atoms with Crippen LogP contribution in [0.15, 0.2) is 51.4 Å². The molecule has 0 amide bonds. The summed E-state index contributed by atoms with van der Waals surface area (Å²) in [5, 5.41) is 0. The molecule has 0 aromatic heterocycles. The van der Waals surface area contributed by atoms with Crippen molar-refractivity contribution < 1.29 is 4.39 Å². The van der Waals surface area contributed by atoms with Gasteiger partial charge in [-0.1, -0.05) is 40.2 Å². The summed E-state index contributed by atoms with van der Waals surface area (Å²) < 4.78 is 15.1. The van der Waals surface area contributed by atoms with Crippen molar-refractivity contribution >= 4 is 43.5 Å². The molecule has 2 aromatic carbocycles. The van der Waals surface area contributed by atoms with Crippen molar-refractivity contribution in [2.75, 3.05) is 5.88 Å². The SMILES string of the molecule is Fc1cccc(CC(CCl)c2cccc(Br)c2)c1Br. The first-order valence-electron chi connectivity index (χ1n) is 5.86. The Morgan fingerprint density at radius 3 is 2.53 bits per heavy atom. The standard InChI is InChI=1S/C15H12Br2ClF/c16-13-5-1-3-10(8-13)12(9-18)7-11-4-2-6-14(19)15(11)17/h1-6,8,12H,7,9H2. The number of benzene rings is 2. The number of rotatable bonds is 4. The summed E-state index contributed by atoms with van der Waals surface area (Å²) in [7, 11) is 0. The minimum absolute atomic E-state index is 0.164. The van der Waals surface area contributed by atoms with Gasteiger partial charge >= 0.3 is 0 Å². The topological polar surface area (TPSA) is 0 Å². The molecule has 0 fully saturated rings. The molecule has 2 aromatic rings. The van der Waals surface area contributed by atoms with Gasteiger partial charge in [-0.15, -0.1) is 11.6 Å². The van der Waals surface area contributed by atoms with E-state index in [1.54, 1.807) is 6.07 Å². The highest BCUT2D eigenvalue weighted by atomic mass is 79.9. The average Bonchev–Trinajstić information content (AvgIpc) is 2.40. The lowest BCUT2D eigenvalue weighted by Gasteiger charge is -2.16. The molecule has 0 bridgehead atoms. The maximum atomic E-state index is 13.5. The second-order valence-corrected chi connectivity index (χ2v) is 6.34. The molecular weight excluding hydrogens is 394 g/mol. The van der Waals surface area contributed by atoms with E-state index in [2.05, 4.69) is 37.9 Å². The predicted molar refractivity (Wildman–Crippen MR) is 85.4 cm³/mol. The predicted octanol–water partition coefficient (Wildman–Crippen LogP) is 5.92. The third-order valence-electron chi connectivity index (χ3n) is 3.00. The first kappa shape index (κ1) is 15.0. The van der Waals surface area contributed by atoms with E-state index in [4.69, 9.17) is 11.6 Å². The van der Waals surface area contributed by atoms with Gasteiger partial charge in [0, 0.05) is 16.3 Å². The molecular formula is C15H12Br2ClF. The number of hydrogen-bond donors (Lipinski definition) is 0. The zero-order valence-electron chi connectivity index (χ0n) is 10.0. The quantitative estimate of drug-likeness (QED) is 0.553. The summed E-state index contributed by atoms with van der Waals surface area (Å²) in [5.74, 6) is 0.427. The fourth-order valence-electron chi connectivity index (χ4n) is 1.99. The van der Waals surface area contributed by atoms with Crippen LogP contribution in [0.25, 0.3) is 0 Å². The van der Waals surface area contributed by atoms with E-state index >= 15 is 0 Å². The van der Waals surface area contributed by atoms with Crippen LogP contribution in [0.4, 0.5) is 4.39 Å². The van der Waals surface area contributed by atoms with E-state index in [1.807, 2.05) is 24.3 Å². The van der Waals surface area contributed by atoms with Gasteiger partial charge in [0.2, 0.25) is 0 Å². The maximum Gasteiger partial charge on any atom is 0.137 e. The molecule has 100 valence electrons. The van der Waals surface area contributed by atoms with Crippen molar-refractivity contribution in [2.45, 2.75) is 12.3 Å². The molecule has 2 rings (SSSR count). The molecule has 0 aliphatic rings. The van der Waals surface area contributed by atoms with Crippen molar-refractivity contribution in [3.05, 3.63) is 68.4 Å². The molecule has 0 saturated heterocycles. The number of halogens is 4. The van der Waals surface area contributed by atoms with Crippen LogP contribution in [0, 0.1) is 5.82 Å². The summed E-state index contributed by atoms with van der Waals surface area (Å²) in [6.45, 7) is 0. The molecule has 0 aliphatic heterocycles. The largest absolute Gasteiger partial charge is 0.206 e. The molecule has 0 heterocycles. The van der Waals surface area contributed by atoms with Crippen LogP contribution in [-0.4, -0.2) is 5.88 Å². The molecule has 0 aliphatic carbocycles. The molecule has 4 heteroatoms. The summed E-state index contributed by atoms with van der Waals surface area (Å²) in [6, 6.07) is 13.2. The third kappa shape index (κ3) is 3.80. The molecule has 0 radical (unpaired) electrons. The van der Waals surface area contributed by atoms with Gasteiger partial charge in [-0.05, 0) is 51.7 Å². The highest BCUT2D eigenvalue weighted by Crippen LogP contribution is 2.29. The van der Waals surface area contributed by atoms with Crippen molar-refractivity contribution in [3.63, 3.8) is 0 Å². The van der Waals surface area contributed by atoms with E-state index in [0.717, 1.165) is 15.6 Å². The van der Waals surface area contributed by atoms with Gasteiger partial charge in [0.15, 0.2) is 0 Å². The van der Waals surface area contributed by atoms with Crippen LogP contribution in [-0.2, 0) is 6.42 Å². The normalized spacial score (nSPS) is 12.4. The van der Waals surface area contributed by atoms with Crippen molar-refractivity contribution in [3.8, 4) is 0 Å². The minimum atomic E-state index is -0.236. The van der Waals surface area contributed by atoms with Gasteiger partial charge in [-0.2, -0.15) is 0 Å². The smallest absolute Gasteiger partial charge is 0.137 e. The van der Waals surface area contributed by atoms with Gasteiger partial charge in [-0.3, -0.25) is 0 Å². The fraction of sp³-hybridized carbons (Fsp3) is 0.200. The lowest BCUT2D eigenvalue weighted by molar-refractivity contribution is 0.615. The van der Waals surface area contributed by atoms with Crippen molar-refractivity contribution in [1.29, 1.82) is 0 Å². The molecule has 19 heavy (non-hydrogen) atoms. The van der Waals surface area contributed by atoms with E-state index < -0.39 is 0 Å². The van der Waals surface area contributed by atoms with E-state index in [-0.39, 0.29) is 11.7 Å². The second kappa shape index (κ2) is 6.87. The monoisotopic (exact) mass is 404 g/mol. The minimum Gasteiger partial charge on any atom is -0.206 e. The molecule has 1 atom stereocenters. The fourth-order valence-corrected chi connectivity index (χ4v) is 3.12. The van der Waals surface area contributed by atoms with Crippen LogP contribution in [0.3, 0.4) is 0 Å². The Morgan fingerprint density at radius 2 is 1.84 bits per heavy atom. The zero-order chi connectivity index (χ0) is 13.8. The Labute approximate surface area is 134 Å². The van der Waals surface area contributed by atoms with Gasteiger partial charge < -0.3 is 0 Å². The Balaban J connectivity index is 2.26. The molecule has 1 unspecified atom stereocenters. The maximum absolute atomic E-state index is 13.5. The lowest BCUT2D eigenvalue weighted by atomic mass is 9.93. The van der Waals surface area contributed by atoms with Crippen LogP contribution >= 0.6 is 43.5 Å². The second-order valence-electron chi connectivity index (χ2n) is 4.32. The Bertz CT molecular complexity index is 572. The average molecular weight is 407 g/mol. The Kier molecular flexibility index (Phi) is 5.43. The van der Waals surface area contributed by atoms with Crippen LogP contribution < -0.4 is 0 Å². The number of hydrogen-bond acceptors (Lipinski definition) is 0. The summed E-state index contributed by atoms with van der Waals surface area (Å²) >= 11 is 12.8. The lowest BCUT2D eigenvalue weighted by Crippen LogP contribution is -2.05. The van der Waals surface area contributed by atoms with Gasteiger partial charge in [-0.25, -0.2) is 4.39 Å². The zero-order valence-corrected chi connectivity index (χ0v) is 14.0. The van der Waals surface area contributed by atoms with E-state index in [9.17, 15) is 4.39 Å². The van der Waals surface area contributed by atoms with E-state index in [0.29, 0.717) is 16.8 Å². The number of alkyl halides is 1. The van der Waals surface area contributed by atoms with E-state index in [1.165, 1.54) is 6.07 Å². The summed E-state index contributed by atoms with van der Waals surface area (Å²) in [4.78, 5) is 0. The highest BCUT2D eigenvalue weighted by molar-refractivity contribution is 9.10. The van der Waals surface area contributed by atoms with Gasteiger partial charge in [0.1, 0.15) is 5.82 Å². The Hall–Kier alpha value is -0.380. The Morgan fingerprint density at radius 1 is 1.11 bits per heavy atom. The summed E-state index contributed by atoms with van der Waals surface area (Å²) in [6.07, 6.45) is 0.707. The van der Waals surface area contributed by atoms with Gasteiger partial charge in [0.25, 0.3) is 0 Å². The first-order chi connectivity index (χ1) is 9.11. The van der Waals surface area contributed by atoms with Crippen molar-refractivity contribution in [1.82, 2.24) is 0 Å².